The van der Waals surface area contributed by atoms with Crippen LogP contribution >= 0.6 is 11.6 Å². The summed E-state index contributed by atoms with van der Waals surface area (Å²) in [5.41, 5.74) is 1.78. The standard InChI is InChI=1S/C21H22ClN3O4/c22-16-3-1-2-15(12-16)21(27)23-17-4-5-18-19(13-17)29-14-20(26)25(18)7-6-24-8-10-28-11-9-24/h1-5,12-13H,6-11,14H2,(H,23,27). The Bertz CT molecular complexity index is 915. The summed E-state index contributed by atoms with van der Waals surface area (Å²) in [6.07, 6.45) is 0. The largest absolute Gasteiger partial charge is 0.481 e. The van der Waals surface area contributed by atoms with Crippen LogP contribution in [-0.4, -0.2) is 62.7 Å². The second kappa shape index (κ2) is 8.82. The molecule has 0 aliphatic carbocycles. The summed E-state index contributed by atoms with van der Waals surface area (Å²) < 4.78 is 11.0. The summed E-state index contributed by atoms with van der Waals surface area (Å²) >= 11 is 5.95. The highest BCUT2D eigenvalue weighted by atomic mass is 35.5. The molecular weight excluding hydrogens is 394 g/mol. The first kappa shape index (κ1) is 19.7. The second-order valence-electron chi connectivity index (χ2n) is 6.94. The zero-order chi connectivity index (χ0) is 20.2. The van der Waals surface area contributed by atoms with Gasteiger partial charge in [0.2, 0.25) is 0 Å². The van der Waals surface area contributed by atoms with Gasteiger partial charge in [-0.3, -0.25) is 14.5 Å². The first-order valence-corrected chi connectivity index (χ1v) is 9.92. The SMILES string of the molecule is O=C(Nc1ccc2c(c1)OCC(=O)N2CCN1CCOCC1)c1cccc(Cl)c1. The van der Waals surface area contributed by atoms with Crippen LogP contribution in [0.1, 0.15) is 10.4 Å². The normalized spacial score (nSPS) is 16.9. The Labute approximate surface area is 174 Å². The number of amides is 2. The smallest absolute Gasteiger partial charge is 0.265 e. The van der Waals surface area contributed by atoms with Gasteiger partial charge >= 0.3 is 0 Å². The number of ether oxygens (including phenoxy) is 2. The fraction of sp³-hybridized carbons (Fsp3) is 0.333. The van der Waals surface area contributed by atoms with Gasteiger partial charge in [0, 0.05) is 48.5 Å². The Morgan fingerprint density at radius 1 is 1.10 bits per heavy atom. The molecule has 2 aliphatic rings. The maximum atomic E-state index is 12.4. The molecule has 7 nitrogen and oxygen atoms in total. The van der Waals surface area contributed by atoms with E-state index in [0.29, 0.717) is 28.6 Å². The number of halogens is 1. The molecule has 1 saturated heterocycles. The lowest BCUT2D eigenvalue weighted by Crippen LogP contribution is -2.45. The summed E-state index contributed by atoms with van der Waals surface area (Å²) in [7, 11) is 0. The molecule has 2 aromatic rings. The zero-order valence-electron chi connectivity index (χ0n) is 15.9. The highest BCUT2D eigenvalue weighted by molar-refractivity contribution is 6.31. The molecule has 0 saturated carbocycles. The first-order chi connectivity index (χ1) is 14.1. The summed E-state index contributed by atoms with van der Waals surface area (Å²) in [6.45, 7) is 4.55. The van der Waals surface area contributed by atoms with Crippen LogP contribution in [-0.2, 0) is 9.53 Å². The van der Waals surface area contributed by atoms with E-state index in [1.807, 2.05) is 0 Å². The van der Waals surface area contributed by atoms with Gasteiger partial charge in [-0.25, -0.2) is 0 Å². The third kappa shape index (κ3) is 4.70. The number of carbonyl (C=O) groups excluding carboxylic acids is 2. The summed E-state index contributed by atoms with van der Waals surface area (Å²) in [5, 5.41) is 3.34. The van der Waals surface area contributed by atoms with Crippen molar-refractivity contribution in [1.29, 1.82) is 0 Å². The molecule has 0 spiro atoms. The van der Waals surface area contributed by atoms with Gasteiger partial charge in [0.05, 0.1) is 18.9 Å². The molecule has 1 fully saturated rings. The fourth-order valence-corrected chi connectivity index (χ4v) is 3.62. The number of rotatable bonds is 5. The Balaban J connectivity index is 1.46. The predicted molar refractivity (Wildman–Crippen MR) is 111 cm³/mol. The molecule has 0 atom stereocenters. The van der Waals surface area contributed by atoms with Crippen LogP contribution in [0, 0.1) is 0 Å². The van der Waals surface area contributed by atoms with E-state index in [0.717, 1.165) is 38.5 Å². The van der Waals surface area contributed by atoms with Crippen molar-refractivity contribution < 1.29 is 19.1 Å². The Morgan fingerprint density at radius 3 is 2.72 bits per heavy atom. The highest BCUT2D eigenvalue weighted by Gasteiger charge is 2.26. The van der Waals surface area contributed by atoms with E-state index in [1.165, 1.54) is 0 Å². The van der Waals surface area contributed by atoms with Crippen LogP contribution < -0.4 is 15.0 Å². The molecule has 1 N–H and O–H groups in total. The topological polar surface area (TPSA) is 71.1 Å². The lowest BCUT2D eigenvalue weighted by Gasteiger charge is -2.33. The molecule has 0 radical (unpaired) electrons. The number of carbonyl (C=O) groups is 2. The van der Waals surface area contributed by atoms with Crippen LogP contribution in [0.2, 0.25) is 5.02 Å². The van der Waals surface area contributed by atoms with Crippen LogP contribution in [0.5, 0.6) is 5.75 Å². The van der Waals surface area contributed by atoms with Crippen molar-refractivity contribution in [2.45, 2.75) is 0 Å². The number of anilines is 2. The van der Waals surface area contributed by atoms with Gasteiger partial charge in [-0.2, -0.15) is 0 Å². The molecule has 29 heavy (non-hydrogen) atoms. The van der Waals surface area contributed by atoms with E-state index < -0.39 is 0 Å². The van der Waals surface area contributed by atoms with E-state index in [-0.39, 0.29) is 18.4 Å². The van der Waals surface area contributed by atoms with Gasteiger partial charge < -0.3 is 19.7 Å². The molecule has 0 unspecified atom stereocenters. The third-order valence-corrected chi connectivity index (χ3v) is 5.23. The van der Waals surface area contributed by atoms with E-state index >= 15 is 0 Å². The number of morpholine rings is 1. The first-order valence-electron chi connectivity index (χ1n) is 9.54. The summed E-state index contributed by atoms with van der Waals surface area (Å²) in [5.74, 6) is 0.250. The van der Waals surface area contributed by atoms with Crippen molar-refractivity contribution in [3.05, 3.63) is 53.1 Å². The minimum Gasteiger partial charge on any atom is -0.481 e. The molecule has 2 heterocycles. The van der Waals surface area contributed by atoms with E-state index in [9.17, 15) is 9.59 Å². The van der Waals surface area contributed by atoms with E-state index in [4.69, 9.17) is 21.1 Å². The van der Waals surface area contributed by atoms with Crippen LogP contribution in [0.3, 0.4) is 0 Å². The highest BCUT2D eigenvalue weighted by Crippen LogP contribution is 2.34. The van der Waals surface area contributed by atoms with Crippen molar-refractivity contribution in [2.75, 3.05) is 56.2 Å². The van der Waals surface area contributed by atoms with E-state index in [1.54, 1.807) is 47.4 Å². The molecule has 0 bridgehead atoms. The number of fused-ring (bicyclic) bond motifs is 1. The fourth-order valence-electron chi connectivity index (χ4n) is 3.43. The predicted octanol–water partition coefficient (Wildman–Crippen LogP) is 2.65. The van der Waals surface area contributed by atoms with Gasteiger partial charge in [0.15, 0.2) is 6.61 Å². The lowest BCUT2D eigenvalue weighted by atomic mass is 10.1. The number of hydrogen-bond acceptors (Lipinski definition) is 5. The maximum Gasteiger partial charge on any atom is 0.265 e. The van der Waals surface area contributed by atoms with E-state index in [2.05, 4.69) is 10.2 Å². The molecule has 2 amide bonds. The number of nitrogens with one attached hydrogen (secondary N) is 1. The maximum absolute atomic E-state index is 12.4. The average molecular weight is 416 g/mol. The minimum absolute atomic E-state index is 0.0121. The van der Waals surface area contributed by atoms with Crippen molar-refractivity contribution >= 4 is 34.8 Å². The number of nitrogens with zero attached hydrogens (tertiary/aromatic N) is 2. The Hall–Kier alpha value is -2.61. The molecule has 0 aromatic heterocycles. The lowest BCUT2D eigenvalue weighted by molar-refractivity contribution is -0.121. The molecule has 152 valence electrons. The van der Waals surface area contributed by atoms with Crippen LogP contribution in [0.15, 0.2) is 42.5 Å². The van der Waals surface area contributed by atoms with Crippen molar-refractivity contribution in [3.8, 4) is 5.75 Å². The van der Waals surface area contributed by atoms with Crippen LogP contribution in [0.25, 0.3) is 0 Å². The second-order valence-corrected chi connectivity index (χ2v) is 7.37. The van der Waals surface area contributed by atoms with Gasteiger partial charge in [-0.05, 0) is 30.3 Å². The van der Waals surface area contributed by atoms with Gasteiger partial charge in [0.25, 0.3) is 11.8 Å². The molecule has 4 rings (SSSR count). The van der Waals surface area contributed by atoms with Crippen molar-refractivity contribution in [1.82, 2.24) is 4.90 Å². The molecular formula is C21H22ClN3O4. The Morgan fingerprint density at radius 2 is 1.93 bits per heavy atom. The monoisotopic (exact) mass is 415 g/mol. The molecule has 8 heteroatoms. The van der Waals surface area contributed by atoms with Crippen LogP contribution in [0.4, 0.5) is 11.4 Å². The number of benzene rings is 2. The van der Waals surface area contributed by atoms with Gasteiger partial charge in [-0.1, -0.05) is 17.7 Å². The third-order valence-electron chi connectivity index (χ3n) is 4.99. The Kier molecular flexibility index (Phi) is 5.99. The van der Waals surface area contributed by atoms with Gasteiger partial charge in [0.1, 0.15) is 5.75 Å². The number of hydrogen-bond donors (Lipinski definition) is 1. The molecule has 2 aliphatic heterocycles. The van der Waals surface area contributed by atoms with Crippen molar-refractivity contribution in [2.24, 2.45) is 0 Å². The zero-order valence-corrected chi connectivity index (χ0v) is 16.7. The minimum atomic E-state index is -0.261. The average Bonchev–Trinajstić information content (AvgIpc) is 2.74. The van der Waals surface area contributed by atoms with Crippen molar-refractivity contribution in [3.63, 3.8) is 0 Å². The van der Waals surface area contributed by atoms with Gasteiger partial charge in [-0.15, -0.1) is 0 Å². The summed E-state index contributed by atoms with van der Waals surface area (Å²) in [4.78, 5) is 28.9. The molecule has 2 aromatic carbocycles. The quantitative estimate of drug-likeness (QED) is 0.812. The summed E-state index contributed by atoms with van der Waals surface area (Å²) in [6, 6.07) is 12.1.